The molecule has 260 valence electrons. The Kier molecular flexibility index (Phi) is 11.1. The van der Waals surface area contributed by atoms with Gasteiger partial charge in [-0.25, -0.2) is 5.43 Å². The summed E-state index contributed by atoms with van der Waals surface area (Å²) in [5.41, 5.74) is 13.9. The maximum absolute atomic E-state index is 12.5. The summed E-state index contributed by atoms with van der Waals surface area (Å²) in [4.78, 5) is 37.1. The van der Waals surface area contributed by atoms with Crippen LogP contribution in [0.3, 0.4) is 0 Å². The first-order valence-electron chi connectivity index (χ1n) is 16.4. The van der Waals surface area contributed by atoms with Crippen LogP contribution in [0.2, 0.25) is 0 Å². The van der Waals surface area contributed by atoms with E-state index >= 15 is 0 Å². The zero-order chi connectivity index (χ0) is 35.7. The fourth-order valence-corrected chi connectivity index (χ4v) is 5.46. The van der Waals surface area contributed by atoms with Crippen LogP contribution in [0.15, 0.2) is 24.3 Å². The first-order chi connectivity index (χ1) is 21.4. The fraction of sp³-hybridized carbons (Fsp3) is 0.595. The molecule has 3 rings (SSSR count). The van der Waals surface area contributed by atoms with Crippen molar-refractivity contribution in [2.75, 3.05) is 0 Å². The molecule has 2 unspecified atom stereocenters. The van der Waals surface area contributed by atoms with Gasteiger partial charge >= 0.3 is 11.8 Å². The molecule has 0 bridgehead atoms. The van der Waals surface area contributed by atoms with Crippen LogP contribution in [0.25, 0.3) is 0 Å². The molecule has 1 fully saturated rings. The average molecular weight is 653 g/mol. The second kappa shape index (κ2) is 13.8. The number of nitrogens with one attached hydrogen (secondary N) is 4. The molecule has 1 aliphatic rings. The average Bonchev–Trinajstić information content (AvgIpc) is 3.69. The van der Waals surface area contributed by atoms with E-state index in [2.05, 4.69) is 63.2 Å². The summed E-state index contributed by atoms with van der Waals surface area (Å²) in [5, 5.41) is 21.9. The number of epoxide rings is 1. The standard InChI is InChI=1S/C37H56N4O6/c1-34(2,3)23-17-21(18-24(29(23)43)35(4,5)6)13-15-27-33(47-27)41-40-32(46)31(45)39-38-28(42)16-14-22-19-25(36(7,8)9)30(44)26(20-22)37(10,11)12/h17-20,27,33,41,43-44H,13-16H2,1-12H3,(H,38,42)(H,39,45)(H,40,46). The minimum absolute atomic E-state index is 0.0746. The quantitative estimate of drug-likeness (QED) is 0.128. The highest BCUT2D eigenvalue weighted by Crippen LogP contribution is 2.41. The van der Waals surface area contributed by atoms with Gasteiger partial charge in [0, 0.05) is 6.42 Å². The Morgan fingerprint density at radius 3 is 1.40 bits per heavy atom. The molecule has 10 nitrogen and oxygen atoms in total. The lowest BCUT2D eigenvalue weighted by molar-refractivity contribution is -0.141. The maximum Gasteiger partial charge on any atom is 0.329 e. The van der Waals surface area contributed by atoms with Crippen LogP contribution < -0.4 is 21.7 Å². The Bertz CT molecular complexity index is 1420. The lowest BCUT2D eigenvalue weighted by Gasteiger charge is -2.28. The Morgan fingerprint density at radius 1 is 0.617 bits per heavy atom. The third-order valence-corrected chi connectivity index (χ3v) is 8.36. The molecule has 47 heavy (non-hydrogen) atoms. The van der Waals surface area contributed by atoms with Crippen molar-refractivity contribution in [1.29, 1.82) is 0 Å². The van der Waals surface area contributed by atoms with E-state index in [0.717, 1.165) is 39.8 Å². The van der Waals surface area contributed by atoms with Gasteiger partial charge in [0.2, 0.25) is 5.91 Å². The SMILES string of the molecule is CC(C)(C)c1cc(CCC(=O)NNC(=O)C(=O)NNC2OC2CCc2cc(C(C)(C)C)c(O)c(C(C)(C)C)c2)cc(C(C)(C)C)c1O. The lowest BCUT2D eigenvalue weighted by Crippen LogP contribution is -2.52. The largest absolute Gasteiger partial charge is 0.507 e. The highest BCUT2D eigenvalue weighted by atomic mass is 16.6. The summed E-state index contributed by atoms with van der Waals surface area (Å²) in [6.07, 6.45) is 1.27. The minimum Gasteiger partial charge on any atom is -0.507 e. The smallest absolute Gasteiger partial charge is 0.329 e. The molecule has 6 N–H and O–H groups in total. The van der Waals surface area contributed by atoms with E-state index in [1.54, 1.807) is 0 Å². The van der Waals surface area contributed by atoms with Crippen LogP contribution in [0.1, 0.15) is 129 Å². The van der Waals surface area contributed by atoms with Crippen LogP contribution in [0, 0.1) is 0 Å². The summed E-state index contributed by atoms with van der Waals surface area (Å²) in [6.45, 7) is 24.6. The Labute approximate surface area is 280 Å². The van der Waals surface area contributed by atoms with Gasteiger partial charge in [-0.1, -0.05) is 107 Å². The normalized spacial score (nSPS) is 16.9. The summed E-state index contributed by atoms with van der Waals surface area (Å²) in [6, 6.07) is 7.93. The van der Waals surface area contributed by atoms with Gasteiger partial charge in [0.1, 0.15) is 17.6 Å². The number of hydrogen-bond donors (Lipinski definition) is 6. The number of hydrazine groups is 2. The monoisotopic (exact) mass is 652 g/mol. The van der Waals surface area contributed by atoms with Crippen LogP contribution in [-0.2, 0) is 53.6 Å². The van der Waals surface area contributed by atoms with E-state index < -0.39 is 23.9 Å². The Morgan fingerprint density at radius 2 is 1.00 bits per heavy atom. The zero-order valence-corrected chi connectivity index (χ0v) is 30.3. The number of phenols is 2. The highest BCUT2D eigenvalue weighted by molar-refractivity contribution is 6.35. The fourth-order valence-electron chi connectivity index (χ4n) is 5.46. The number of aromatic hydroxyl groups is 2. The van der Waals surface area contributed by atoms with E-state index in [4.69, 9.17) is 4.74 Å². The topological polar surface area (TPSA) is 152 Å². The van der Waals surface area contributed by atoms with Crippen molar-refractivity contribution >= 4 is 17.7 Å². The molecule has 2 atom stereocenters. The van der Waals surface area contributed by atoms with E-state index in [1.165, 1.54) is 0 Å². The predicted molar refractivity (Wildman–Crippen MR) is 184 cm³/mol. The molecule has 2 aromatic carbocycles. The maximum atomic E-state index is 12.5. The summed E-state index contributed by atoms with van der Waals surface area (Å²) in [5.74, 6) is -1.83. The van der Waals surface area contributed by atoms with Crippen molar-refractivity contribution in [1.82, 2.24) is 21.7 Å². The first-order valence-corrected chi connectivity index (χ1v) is 16.4. The van der Waals surface area contributed by atoms with Crippen molar-refractivity contribution in [3.63, 3.8) is 0 Å². The summed E-state index contributed by atoms with van der Waals surface area (Å²) < 4.78 is 5.63. The number of carbonyl (C=O) groups excluding carboxylic acids is 3. The predicted octanol–water partition coefficient (Wildman–Crippen LogP) is 5.35. The number of phenolic OH excluding ortho intramolecular Hbond substituents is 2. The third-order valence-electron chi connectivity index (χ3n) is 8.36. The van der Waals surface area contributed by atoms with E-state index in [1.807, 2.05) is 65.8 Å². The molecule has 0 saturated carbocycles. The van der Waals surface area contributed by atoms with E-state index in [0.29, 0.717) is 18.6 Å². The first kappa shape index (κ1) is 37.8. The van der Waals surface area contributed by atoms with Gasteiger partial charge in [-0.05, 0) is 74.3 Å². The number of benzene rings is 2. The van der Waals surface area contributed by atoms with Crippen molar-refractivity contribution in [2.24, 2.45) is 0 Å². The second-order valence-corrected chi connectivity index (χ2v) is 16.8. The van der Waals surface area contributed by atoms with Gasteiger partial charge in [0.15, 0.2) is 6.23 Å². The molecule has 1 heterocycles. The number of carbonyl (C=O) groups is 3. The van der Waals surface area contributed by atoms with Crippen LogP contribution >= 0.6 is 0 Å². The van der Waals surface area contributed by atoms with Crippen molar-refractivity contribution in [3.05, 3.63) is 57.6 Å². The van der Waals surface area contributed by atoms with Crippen molar-refractivity contribution in [3.8, 4) is 11.5 Å². The van der Waals surface area contributed by atoms with Gasteiger partial charge in [-0.15, -0.1) is 0 Å². The van der Waals surface area contributed by atoms with Crippen molar-refractivity contribution < 1.29 is 29.3 Å². The number of hydrogen-bond acceptors (Lipinski definition) is 7. The van der Waals surface area contributed by atoms with E-state index in [-0.39, 0.29) is 39.9 Å². The third kappa shape index (κ3) is 10.2. The van der Waals surface area contributed by atoms with E-state index in [9.17, 15) is 24.6 Å². The Hall–Kier alpha value is -3.63. The van der Waals surface area contributed by atoms with Gasteiger partial charge in [0.05, 0.1) is 0 Å². The van der Waals surface area contributed by atoms with Crippen LogP contribution in [0.5, 0.6) is 11.5 Å². The summed E-state index contributed by atoms with van der Waals surface area (Å²) in [7, 11) is 0. The number of amides is 3. The number of ether oxygens (including phenoxy) is 1. The van der Waals surface area contributed by atoms with Gasteiger partial charge in [-0.3, -0.25) is 30.7 Å². The molecule has 1 saturated heterocycles. The lowest BCUT2D eigenvalue weighted by atomic mass is 9.78. The minimum atomic E-state index is -1.02. The van der Waals surface area contributed by atoms with Crippen LogP contribution in [-0.4, -0.2) is 40.3 Å². The van der Waals surface area contributed by atoms with Gasteiger partial charge in [-0.2, -0.15) is 0 Å². The van der Waals surface area contributed by atoms with Gasteiger partial charge < -0.3 is 14.9 Å². The molecule has 0 spiro atoms. The number of rotatable bonds is 8. The molecular formula is C37H56N4O6. The zero-order valence-electron chi connectivity index (χ0n) is 30.3. The van der Waals surface area contributed by atoms with Gasteiger partial charge in [0.25, 0.3) is 0 Å². The molecule has 0 radical (unpaired) electrons. The second-order valence-electron chi connectivity index (χ2n) is 16.8. The Balaban J connectivity index is 1.46. The van der Waals surface area contributed by atoms with Crippen molar-refractivity contribution in [2.45, 2.75) is 143 Å². The molecule has 10 heteroatoms. The molecule has 0 aromatic heterocycles. The highest BCUT2D eigenvalue weighted by Gasteiger charge is 2.39. The molecule has 1 aliphatic heterocycles. The molecule has 2 aromatic rings. The number of aryl methyl sites for hydroxylation is 2. The molecular weight excluding hydrogens is 596 g/mol. The summed E-state index contributed by atoms with van der Waals surface area (Å²) >= 11 is 0. The molecule has 0 aliphatic carbocycles. The molecule has 3 amide bonds. The van der Waals surface area contributed by atoms with Crippen LogP contribution in [0.4, 0.5) is 0 Å².